The average molecular weight is 194 g/mol. The van der Waals surface area contributed by atoms with Crippen molar-refractivity contribution in [3.63, 3.8) is 0 Å². The van der Waals surface area contributed by atoms with Crippen LogP contribution in [0.2, 0.25) is 0 Å². The van der Waals surface area contributed by atoms with Gasteiger partial charge in [-0.1, -0.05) is 25.1 Å². The Morgan fingerprint density at radius 1 is 1.43 bits per heavy atom. The monoisotopic (exact) mass is 194 g/mol. The molecule has 3 heteroatoms. The molecule has 1 rings (SSSR count). The van der Waals surface area contributed by atoms with E-state index in [-0.39, 0.29) is 6.04 Å². The molecule has 14 heavy (non-hydrogen) atoms. The van der Waals surface area contributed by atoms with Crippen molar-refractivity contribution < 1.29 is 5.11 Å². The zero-order chi connectivity index (χ0) is 10.4. The summed E-state index contributed by atoms with van der Waals surface area (Å²) in [6.45, 7) is 3.47. The minimum atomic E-state index is 0.194. The Balaban J connectivity index is 2.73. The van der Waals surface area contributed by atoms with Crippen LogP contribution in [0.5, 0.6) is 5.75 Å². The molecule has 0 aliphatic rings. The minimum Gasteiger partial charge on any atom is -0.508 e. The van der Waals surface area contributed by atoms with Gasteiger partial charge in [-0.3, -0.25) is 0 Å². The van der Waals surface area contributed by atoms with Crippen LogP contribution in [0.15, 0.2) is 24.3 Å². The van der Waals surface area contributed by atoms with E-state index in [0.717, 1.165) is 18.5 Å². The molecular weight excluding hydrogens is 176 g/mol. The fourth-order valence-electron chi connectivity index (χ4n) is 1.51. The number of nitrogens with one attached hydrogen (secondary N) is 1. The lowest BCUT2D eigenvalue weighted by Crippen LogP contribution is -2.26. The molecule has 0 aromatic heterocycles. The number of aromatic hydroxyl groups is 1. The molecule has 0 amide bonds. The lowest BCUT2D eigenvalue weighted by Gasteiger charge is -2.17. The summed E-state index contributed by atoms with van der Waals surface area (Å²) in [6.07, 6.45) is 0.942. The van der Waals surface area contributed by atoms with E-state index in [1.165, 1.54) is 0 Å². The van der Waals surface area contributed by atoms with Crippen LogP contribution >= 0.6 is 0 Å². The lowest BCUT2D eigenvalue weighted by atomic mass is 10.0. The number of phenols is 1. The Kier molecular flexibility index (Phi) is 4.43. The highest BCUT2D eigenvalue weighted by atomic mass is 16.3. The van der Waals surface area contributed by atoms with Gasteiger partial charge in [0.2, 0.25) is 0 Å². The summed E-state index contributed by atoms with van der Waals surface area (Å²) in [4.78, 5) is 0. The first-order valence-electron chi connectivity index (χ1n) is 5.01. The van der Waals surface area contributed by atoms with Crippen molar-refractivity contribution in [2.75, 3.05) is 13.1 Å². The molecule has 1 unspecified atom stereocenters. The Hall–Kier alpha value is -1.06. The normalized spacial score (nSPS) is 12.7. The molecule has 0 heterocycles. The first kappa shape index (κ1) is 11.0. The molecule has 0 saturated heterocycles. The molecule has 0 fully saturated rings. The zero-order valence-electron chi connectivity index (χ0n) is 8.53. The van der Waals surface area contributed by atoms with E-state index in [1.807, 2.05) is 18.2 Å². The van der Waals surface area contributed by atoms with Crippen molar-refractivity contribution >= 4 is 0 Å². The fraction of sp³-hybridized carbons (Fsp3) is 0.455. The largest absolute Gasteiger partial charge is 0.508 e. The van der Waals surface area contributed by atoms with E-state index >= 15 is 0 Å². The van der Waals surface area contributed by atoms with Crippen LogP contribution in [-0.4, -0.2) is 18.2 Å². The van der Waals surface area contributed by atoms with E-state index < -0.39 is 0 Å². The minimum absolute atomic E-state index is 0.194. The predicted molar refractivity (Wildman–Crippen MR) is 58.2 cm³/mol. The molecule has 0 radical (unpaired) electrons. The molecule has 0 saturated carbocycles. The highest BCUT2D eigenvalue weighted by Gasteiger charge is 2.11. The third-order valence-electron chi connectivity index (χ3n) is 2.26. The van der Waals surface area contributed by atoms with Gasteiger partial charge in [-0.25, -0.2) is 0 Å². The van der Waals surface area contributed by atoms with Crippen LogP contribution in [0.25, 0.3) is 0 Å². The first-order chi connectivity index (χ1) is 6.79. The molecule has 1 aromatic rings. The Labute approximate surface area is 84.9 Å². The van der Waals surface area contributed by atoms with Crippen molar-refractivity contribution in [1.29, 1.82) is 0 Å². The third kappa shape index (κ3) is 2.72. The van der Waals surface area contributed by atoms with Gasteiger partial charge in [0, 0.05) is 24.7 Å². The average Bonchev–Trinajstić information content (AvgIpc) is 2.21. The molecule has 1 aromatic carbocycles. The van der Waals surface area contributed by atoms with Gasteiger partial charge in [-0.05, 0) is 12.5 Å². The van der Waals surface area contributed by atoms with Gasteiger partial charge in [0.15, 0.2) is 0 Å². The third-order valence-corrected chi connectivity index (χ3v) is 2.26. The molecule has 0 spiro atoms. The number of hydrogen-bond donors (Lipinski definition) is 3. The van der Waals surface area contributed by atoms with E-state index in [4.69, 9.17) is 5.73 Å². The van der Waals surface area contributed by atoms with Crippen molar-refractivity contribution in [2.45, 2.75) is 19.4 Å². The summed E-state index contributed by atoms with van der Waals surface area (Å²) in [5.41, 5.74) is 6.37. The first-order valence-corrected chi connectivity index (χ1v) is 5.01. The maximum absolute atomic E-state index is 9.64. The lowest BCUT2D eigenvalue weighted by molar-refractivity contribution is 0.443. The van der Waals surface area contributed by atoms with E-state index in [0.29, 0.717) is 12.3 Å². The van der Waals surface area contributed by atoms with Crippen LogP contribution in [0.1, 0.15) is 24.9 Å². The standard InChI is InChI=1S/C11H18N2O/c1-2-10(13-8-7-12)9-5-3-4-6-11(9)14/h3-6,10,13-14H,2,7-8,12H2,1H3. The Bertz CT molecular complexity index is 276. The van der Waals surface area contributed by atoms with Gasteiger partial charge >= 0.3 is 0 Å². The van der Waals surface area contributed by atoms with Crippen LogP contribution in [0.3, 0.4) is 0 Å². The van der Waals surface area contributed by atoms with Crippen molar-refractivity contribution in [3.05, 3.63) is 29.8 Å². The fourth-order valence-corrected chi connectivity index (χ4v) is 1.51. The van der Waals surface area contributed by atoms with Crippen LogP contribution in [0.4, 0.5) is 0 Å². The number of rotatable bonds is 5. The summed E-state index contributed by atoms with van der Waals surface area (Å²) in [5, 5.41) is 12.9. The van der Waals surface area contributed by atoms with Crippen molar-refractivity contribution in [1.82, 2.24) is 5.32 Å². The van der Waals surface area contributed by atoms with E-state index in [1.54, 1.807) is 6.07 Å². The highest BCUT2D eigenvalue weighted by Crippen LogP contribution is 2.25. The van der Waals surface area contributed by atoms with Crippen molar-refractivity contribution in [2.24, 2.45) is 5.73 Å². The second kappa shape index (κ2) is 5.62. The highest BCUT2D eigenvalue weighted by molar-refractivity contribution is 5.34. The van der Waals surface area contributed by atoms with Crippen LogP contribution in [0, 0.1) is 0 Å². The van der Waals surface area contributed by atoms with Gasteiger partial charge in [0.05, 0.1) is 0 Å². The second-order valence-electron chi connectivity index (χ2n) is 3.26. The summed E-state index contributed by atoms with van der Waals surface area (Å²) in [6, 6.07) is 7.60. The van der Waals surface area contributed by atoms with Gasteiger partial charge in [-0.15, -0.1) is 0 Å². The maximum atomic E-state index is 9.64. The molecule has 0 aliphatic heterocycles. The van der Waals surface area contributed by atoms with Gasteiger partial charge in [0.1, 0.15) is 5.75 Å². The molecule has 3 nitrogen and oxygen atoms in total. The summed E-state index contributed by atoms with van der Waals surface area (Å²) in [5.74, 6) is 0.351. The van der Waals surface area contributed by atoms with Crippen LogP contribution < -0.4 is 11.1 Å². The summed E-state index contributed by atoms with van der Waals surface area (Å²) in [7, 11) is 0. The number of hydrogen-bond acceptors (Lipinski definition) is 3. The number of benzene rings is 1. The maximum Gasteiger partial charge on any atom is 0.120 e. The molecule has 78 valence electrons. The molecule has 0 aliphatic carbocycles. The number of phenolic OH excluding ortho intramolecular Hbond substituents is 1. The SMILES string of the molecule is CCC(NCCN)c1ccccc1O. The van der Waals surface area contributed by atoms with E-state index in [2.05, 4.69) is 12.2 Å². The Morgan fingerprint density at radius 3 is 2.71 bits per heavy atom. The van der Waals surface area contributed by atoms with Gasteiger partial charge in [-0.2, -0.15) is 0 Å². The molecule has 4 N–H and O–H groups in total. The Morgan fingerprint density at radius 2 is 2.14 bits per heavy atom. The quantitative estimate of drug-likeness (QED) is 0.664. The predicted octanol–water partition coefficient (Wildman–Crippen LogP) is 1.39. The van der Waals surface area contributed by atoms with Gasteiger partial charge in [0.25, 0.3) is 0 Å². The molecule has 1 atom stereocenters. The zero-order valence-corrected chi connectivity index (χ0v) is 8.53. The molecule has 0 bridgehead atoms. The topological polar surface area (TPSA) is 58.3 Å². The second-order valence-corrected chi connectivity index (χ2v) is 3.26. The van der Waals surface area contributed by atoms with Gasteiger partial charge < -0.3 is 16.2 Å². The van der Waals surface area contributed by atoms with E-state index in [9.17, 15) is 5.11 Å². The summed E-state index contributed by atoms with van der Waals surface area (Å²) >= 11 is 0. The van der Waals surface area contributed by atoms with Crippen LogP contribution in [-0.2, 0) is 0 Å². The number of nitrogens with two attached hydrogens (primary N) is 1. The summed E-state index contributed by atoms with van der Waals surface area (Å²) < 4.78 is 0. The number of para-hydroxylation sites is 1. The smallest absolute Gasteiger partial charge is 0.120 e. The van der Waals surface area contributed by atoms with Crippen molar-refractivity contribution in [3.8, 4) is 5.75 Å². The molecular formula is C11H18N2O.